The highest BCUT2D eigenvalue weighted by molar-refractivity contribution is 7.09. The van der Waals surface area contributed by atoms with Crippen LogP contribution in [0.1, 0.15) is 17.6 Å². The van der Waals surface area contributed by atoms with Crippen molar-refractivity contribution in [2.75, 3.05) is 11.9 Å². The number of hydrogen-bond donors (Lipinski definition) is 0. The van der Waals surface area contributed by atoms with Crippen LogP contribution < -0.4 is 4.90 Å². The average molecular weight is 336 g/mol. The van der Waals surface area contributed by atoms with Crippen molar-refractivity contribution in [3.8, 4) is 0 Å². The van der Waals surface area contributed by atoms with Gasteiger partial charge in [-0.1, -0.05) is 17.7 Å². The summed E-state index contributed by atoms with van der Waals surface area (Å²) in [5.74, 6) is -1.06. The van der Waals surface area contributed by atoms with E-state index in [1.165, 1.54) is 6.07 Å². The van der Waals surface area contributed by atoms with E-state index in [1.807, 2.05) is 24.4 Å². The van der Waals surface area contributed by atoms with Crippen LogP contribution in [0.2, 0.25) is 5.15 Å². The van der Waals surface area contributed by atoms with Crippen molar-refractivity contribution in [2.45, 2.75) is 25.6 Å². The molecule has 0 aliphatic heterocycles. The number of nitrogens with zero attached hydrogens (tertiary/aromatic N) is 3. The maximum Gasteiger partial charge on any atom is 0.451 e. The molecule has 0 aromatic carbocycles. The van der Waals surface area contributed by atoms with Gasteiger partial charge >= 0.3 is 6.18 Å². The minimum atomic E-state index is -4.61. The molecule has 0 saturated carbocycles. The summed E-state index contributed by atoms with van der Waals surface area (Å²) < 4.78 is 38.2. The first-order valence-corrected chi connectivity index (χ1v) is 7.40. The Balaban J connectivity index is 2.22. The van der Waals surface area contributed by atoms with Crippen molar-refractivity contribution in [2.24, 2.45) is 0 Å². The summed E-state index contributed by atoms with van der Waals surface area (Å²) in [6, 6.07) is 5.25. The van der Waals surface area contributed by atoms with Gasteiger partial charge in [0.15, 0.2) is 0 Å². The molecule has 1 atom stereocenters. The van der Waals surface area contributed by atoms with E-state index in [9.17, 15) is 13.2 Å². The molecule has 2 heterocycles. The second kappa shape index (κ2) is 6.19. The van der Waals surface area contributed by atoms with Gasteiger partial charge in [0.2, 0.25) is 5.82 Å². The van der Waals surface area contributed by atoms with Gasteiger partial charge in [-0.15, -0.1) is 11.3 Å². The highest BCUT2D eigenvalue weighted by Gasteiger charge is 2.35. The molecular weight excluding hydrogens is 323 g/mol. The number of hydrogen-bond acceptors (Lipinski definition) is 4. The predicted molar refractivity (Wildman–Crippen MR) is 77.9 cm³/mol. The molecule has 0 amide bonds. The van der Waals surface area contributed by atoms with Gasteiger partial charge < -0.3 is 4.90 Å². The van der Waals surface area contributed by atoms with Gasteiger partial charge in [0.1, 0.15) is 11.0 Å². The van der Waals surface area contributed by atoms with Gasteiger partial charge in [-0.05, 0) is 18.4 Å². The molecule has 2 aromatic heterocycles. The van der Waals surface area contributed by atoms with Gasteiger partial charge in [0.25, 0.3) is 0 Å². The average Bonchev–Trinajstić information content (AvgIpc) is 2.88. The van der Waals surface area contributed by atoms with Gasteiger partial charge in [-0.25, -0.2) is 9.97 Å². The lowest BCUT2D eigenvalue weighted by Gasteiger charge is -2.26. The monoisotopic (exact) mass is 335 g/mol. The number of rotatable bonds is 4. The molecule has 0 aliphatic rings. The number of thiophene rings is 1. The predicted octanol–water partition coefficient (Wildman–Crippen LogP) is 4.28. The fourth-order valence-electron chi connectivity index (χ4n) is 1.80. The molecule has 114 valence electrons. The Morgan fingerprint density at radius 3 is 2.67 bits per heavy atom. The van der Waals surface area contributed by atoms with E-state index >= 15 is 0 Å². The number of aromatic nitrogens is 2. The second-order valence-corrected chi connectivity index (χ2v) is 6.03. The molecular formula is C13H13ClF3N3S. The highest BCUT2D eigenvalue weighted by atomic mass is 35.5. The molecule has 1 unspecified atom stereocenters. The lowest BCUT2D eigenvalue weighted by atomic mass is 10.2. The molecule has 8 heteroatoms. The van der Waals surface area contributed by atoms with Gasteiger partial charge in [-0.3, -0.25) is 0 Å². The van der Waals surface area contributed by atoms with E-state index in [2.05, 4.69) is 9.97 Å². The standard InChI is InChI=1S/C13H13ClF3N3S/c1-8(6-9-4-3-5-21-9)20(2)11-7-10(14)18-12(19-11)13(15,16)17/h3-5,7-8H,6H2,1-2H3. The van der Waals surface area contributed by atoms with Crippen LogP contribution in [-0.4, -0.2) is 23.1 Å². The molecule has 0 aliphatic carbocycles. The summed E-state index contributed by atoms with van der Waals surface area (Å²) in [5.41, 5.74) is 0. The summed E-state index contributed by atoms with van der Waals surface area (Å²) in [7, 11) is 1.69. The first kappa shape index (κ1) is 16.0. The van der Waals surface area contributed by atoms with Crippen LogP contribution in [0, 0.1) is 0 Å². The summed E-state index contributed by atoms with van der Waals surface area (Å²) >= 11 is 7.28. The maximum absolute atomic E-state index is 12.7. The summed E-state index contributed by atoms with van der Waals surface area (Å²) in [6.07, 6.45) is -3.89. The first-order valence-electron chi connectivity index (χ1n) is 6.14. The third-order valence-electron chi connectivity index (χ3n) is 3.03. The molecule has 0 radical (unpaired) electrons. The summed E-state index contributed by atoms with van der Waals surface area (Å²) in [4.78, 5) is 9.62. The number of alkyl halides is 3. The van der Waals surface area contributed by atoms with Crippen molar-refractivity contribution in [1.82, 2.24) is 9.97 Å². The minimum absolute atomic E-state index is 0.0179. The minimum Gasteiger partial charge on any atom is -0.356 e. The van der Waals surface area contributed by atoms with E-state index in [4.69, 9.17) is 11.6 Å². The largest absolute Gasteiger partial charge is 0.451 e. The Kier molecular flexibility index (Phi) is 4.73. The molecule has 2 rings (SSSR count). The molecule has 21 heavy (non-hydrogen) atoms. The van der Waals surface area contributed by atoms with E-state index in [-0.39, 0.29) is 17.0 Å². The molecule has 0 spiro atoms. The Hall–Kier alpha value is -1.34. The number of anilines is 1. The van der Waals surface area contributed by atoms with Crippen LogP contribution in [0.3, 0.4) is 0 Å². The van der Waals surface area contributed by atoms with E-state index in [1.54, 1.807) is 23.3 Å². The molecule has 0 saturated heterocycles. The molecule has 2 aromatic rings. The summed E-state index contributed by atoms with van der Waals surface area (Å²) in [6.45, 7) is 1.92. The molecule has 0 N–H and O–H groups in total. The van der Waals surface area contributed by atoms with Crippen LogP contribution in [0.5, 0.6) is 0 Å². The molecule has 0 fully saturated rings. The number of likely N-dealkylation sites (N-methyl/N-ethyl adjacent to an activating group) is 1. The topological polar surface area (TPSA) is 29.0 Å². The zero-order valence-electron chi connectivity index (χ0n) is 11.4. The Morgan fingerprint density at radius 2 is 2.10 bits per heavy atom. The van der Waals surface area contributed by atoms with E-state index in [0.29, 0.717) is 0 Å². The van der Waals surface area contributed by atoms with E-state index in [0.717, 1.165) is 11.3 Å². The van der Waals surface area contributed by atoms with Gasteiger partial charge in [0.05, 0.1) is 0 Å². The van der Waals surface area contributed by atoms with Crippen LogP contribution in [-0.2, 0) is 12.6 Å². The zero-order valence-corrected chi connectivity index (χ0v) is 12.9. The fourth-order valence-corrected chi connectivity index (χ4v) is 2.80. The quantitative estimate of drug-likeness (QED) is 0.781. The van der Waals surface area contributed by atoms with Crippen molar-refractivity contribution in [3.05, 3.63) is 39.4 Å². The third kappa shape index (κ3) is 4.07. The molecule has 3 nitrogen and oxygen atoms in total. The SMILES string of the molecule is CC(Cc1cccs1)N(C)c1cc(Cl)nc(C(F)(F)F)n1. The summed E-state index contributed by atoms with van der Waals surface area (Å²) in [5, 5.41) is 1.74. The van der Waals surface area contributed by atoms with Crippen LogP contribution in [0.4, 0.5) is 19.0 Å². The molecule has 0 bridgehead atoms. The van der Waals surface area contributed by atoms with E-state index < -0.39 is 12.0 Å². The normalized spacial score (nSPS) is 13.2. The smallest absolute Gasteiger partial charge is 0.356 e. The second-order valence-electron chi connectivity index (χ2n) is 4.61. The van der Waals surface area contributed by atoms with Crippen molar-refractivity contribution < 1.29 is 13.2 Å². The Morgan fingerprint density at radius 1 is 1.38 bits per heavy atom. The third-order valence-corrected chi connectivity index (χ3v) is 4.13. The lowest BCUT2D eigenvalue weighted by Crippen LogP contribution is -2.32. The zero-order chi connectivity index (χ0) is 15.6. The van der Waals surface area contributed by atoms with Crippen LogP contribution in [0.25, 0.3) is 0 Å². The Labute approximate surface area is 129 Å². The van der Waals surface area contributed by atoms with Crippen molar-refractivity contribution in [1.29, 1.82) is 0 Å². The van der Waals surface area contributed by atoms with Crippen molar-refractivity contribution in [3.63, 3.8) is 0 Å². The first-order chi connectivity index (χ1) is 9.77. The van der Waals surface area contributed by atoms with Gasteiger partial charge in [0, 0.05) is 30.5 Å². The number of halogens is 4. The van der Waals surface area contributed by atoms with Crippen molar-refractivity contribution >= 4 is 28.8 Å². The highest BCUT2D eigenvalue weighted by Crippen LogP contribution is 2.29. The Bertz CT molecular complexity index is 601. The fraction of sp³-hybridized carbons (Fsp3) is 0.385. The van der Waals surface area contributed by atoms with Gasteiger partial charge in [-0.2, -0.15) is 13.2 Å². The van der Waals surface area contributed by atoms with Crippen LogP contribution in [0.15, 0.2) is 23.6 Å². The lowest BCUT2D eigenvalue weighted by molar-refractivity contribution is -0.144. The van der Waals surface area contributed by atoms with Crippen LogP contribution >= 0.6 is 22.9 Å². The maximum atomic E-state index is 12.7.